The molecule has 7 heteroatoms. The first-order valence-corrected chi connectivity index (χ1v) is 9.07. The first-order valence-electron chi connectivity index (χ1n) is 8.26. The molecule has 2 atom stereocenters. The summed E-state index contributed by atoms with van der Waals surface area (Å²) < 4.78 is 11.0. The third kappa shape index (κ3) is 3.10. The molecule has 0 saturated carbocycles. The molecule has 0 amide bonds. The molecule has 0 radical (unpaired) electrons. The SMILES string of the molecule is CCOC(=O)c1sc2nc(C)nc(N3C[C@@H](C)O[C@@H](C)C3)c2c1C. The second-order valence-electron chi connectivity index (χ2n) is 6.21. The Morgan fingerprint density at radius 2 is 1.96 bits per heavy atom. The lowest BCUT2D eigenvalue weighted by Gasteiger charge is -2.36. The smallest absolute Gasteiger partial charge is 0.348 e. The molecule has 1 aliphatic rings. The Morgan fingerprint density at radius 1 is 1.29 bits per heavy atom. The minimum Gasteiger partial charge on any atom is -0.462 e. The number of anilines is 1. The highest BCUT2D eigenvalue weighted by Gasteiger charge is 2.28. The summed E-state index contributed by atoms with van der Waals surface area (Å²) in [5.74, 6) is 1.31. The topological polar surface area (TPSA) is 64.5 Å². The molecule has 2 aromatic rings. The van der Waals surface area contributed by atoms with Crippen molar-refractivity contribution in [3.63, 3.8) is 0 Å². The van der Waals surface area contributed by atoms with Gasteiger partial charge in [-0.1, -0.05) is 0 Å². The van der Waals surface area contributed by atoms with Gasteiger partial charge in [-0.2, -0.15) is 0 Å². The Morgan fingerprint density at radius 3 is 2.58 bits per heavy atom. The van der Waals surface area contributed by atoms with Gasteiger partial charge in [0.2, 0.25) is 0 Å². The van der Waals surface area contributed by atoms with E-state index in [1.54, 1.807) is 0 Å². The Balaban J connectivity index is 2.12. The number of carbonyl (C=O) groups is 1. The van der Waals surface area contributed by atoms with Gasteiger partial charge in [0.1, 0.15) is 21.3 Å². The fraction of sp³-hybridized carbons (Fsp3) is 0.588. The van der Waals surface area contributed by atoms with E-state index in [-0.39, 0.29) is 18.2 Å². The van der Waals surface area contributed by atoms with Crippen LogP contribution in [0.15, 0.2) is 0 Å². The quantitative estimate of drug-likeness (QED) is 0.794. The monoisotopic (exact) mass is 349 g/mol. The lowest BCUT2D eigenvalue weighted by atomic mass is 10.1. The van der Waals surface area contributed by atoms with E-state index < -0.39 is 0 Å². The number of ether oxygens (including phenoxy) is 2. The van der Waals surface area contributed by atoms with Crippen LogP contribution in [-0.4, -0.2) is 47.8 Å². The fourth-order valence-electron chi connectivity index (χ4n) is 3.19. The average molecular weight is 349 g/mol. The van der Waals surface area contributed by atoms with E-state index in [0.717, 1.165) is 34.7 Å². The van der Waals surface area contributed by atoms with Gasteiger partial charge in [-0.25, -0.2) is 14.8 Å². The van der Waals surface area contributed by atoms with Crippen molar-refractivity contribution in [1.82, 2.24) is 9.97 Å². The molecule has 0 spiro atoms. The summed E-state index contributed by atoms with van der Waals surface area (Å²) in [5, 5.41) is 0.954. The predicted octanol–water partition coefficient (Wildman–Crippen LogP) is 3.10. The number of hydrogen-bond donors (Lipinski definition) is 0. The van der Waals surface area contributed by atoms with Crippen LogP contribution in [-0.2, 0) is 9.47 Å². The van der Waals surface area contributed by atoms with Gasteiger partial charge >= 0.3 is 5.97 Å². The highest BCUT2D eigenvalue weighted by Crippen LogP contribution is 2.36. The van der Waals surface area contributed by atoms with Crippen molar-refractivity contribution < 1.29 is 14.3 Å². The first-order chi connectivity index (χ1) is 11.4. The van der Waals surface area contributed by atoms with Gasteiger partial charge in [0.05, 0.1) is 24.2 Å². The number of esters is 1. The first kappa shape index (κ1) is 17.1. The Labute approximate surface area is 145 Å². The van der Waals surface area contributed by atoms with Gasteiger partial charge in [0.15, 0.2) is 0 Å². The molecule has 1 fully saturated rings. The maximum Gasteiger partial charge on any atom is 0.348 e. The average Bonchev–Trinajstić information content (AvgIpc) is 2.82. The maximum absolute atomic E-state index is 12.2. The van der Waals surface area contributed by atoms with Gasteiger partial charge in [-0.05, 0) is 40.2 Å². The third-order valence-corrected chi connectivity index (χ3v) is 5.23. The van der Waals surface area contributed by atoms with Crippen molar-refractivity contribution in [2.45, 2.75) is 46.8 Å². The molecular weight excluding hydrogens is 326 g/mol. The summed E-state index contributed by atoms with van der Waals surface area (Å²) in [6, 6.07) is 0. The van der Waals surface area contributed by atoms with Crippen molar-refractivity contribution in [3.05, 3.63) is 16.3 Å². The maximum atomic E-state index is 12.2. The lowest BCUT2D eigenvalue weighted by Crippen LogP contribution is -2.46. The zero-order valence-electron chi connectivity index (χ0n) is 14.8. The molecule has 0 bridgehead atoms. The van der Waals surface area contributed by atoms with Gasteiger partial charge < -0.3 is 14.4 Å². The number of carbonyl (C=O) groups excluding carboxylic acids is 1. The van der Waals surface area contributed by atoms with Crippen LogP contribution < -0.4 is 4.90 Å². The molecule has 3 heterocycles. The molecule has 1 aliphatic heterocycles. The van der Waals surface area contributed by atoms with Gasteiger partial charge in [0, 0.05) is 13.1 Å². The van der Waals surface area contributed by atoms with Crippen molar-refractivity contribution in [3.8, 4) is 0 Å². The number of aryl methyl sites for hydroxylation is 2. The van der Waals surface area contributed by atoms with E-state index in [4.69, 9.17) is 9.47 Å². The van der Waals surface area contributed by atoms with E-state index in [1.807, 2.05) is 20.8 Å². The van der Waals surface area contributed by atoms with Gasteiger partial charge in [0.25, 0.3) is 0 Å². The van der Waals surface area contributed by atoms with Crippen molar-refractivity contribution >= 4 is 33.3 Å². The van der Waals surface area contributed by atoms with Crippen molar-refractivity contribution in [1.29, 1.82) is 0 Å². The number of nitrogens with zero attached hydrogens (tertiary/aromatic N) is 3. The zero-order chi connectivity index (χ0) is 17.4. The van der Waals surface area contributed by atoms with Crippen LogP contribution >= 0.6 is 11.3 Å². The summed E-state index contributed by atoms with van der Waals surface area (Å²) in [5.41, 5.74) is 0.898. The largest absolute Gasteiger partial charge is 0.462 e. The fourth-order valence-corrected chi connectivity index (χ4v) is 4.31. The zero-order valence-corrected chi connectivity index (χ0v) is 15.6. The van der Waals surface area contributed by atoms with Crippen LogP contribution in [0.3, 0.4) is 0 Å². The Bertz CT molecular complexity index is 764. The van der Waals surface area contributed by atoms with E-state index in [0.29, 0.717) is 17.3 Å². The summed E-state index contributed by atoms with van der Waals surface area (Å²) in [6.45, 7) is 11.7. The normalized spacial score (nSPS) is 21.3. The molecule has 130 valence electrons. The Hall–Kier alpha value is -1.73. The molecular formula is C17H23N3O3S. The summed E-state index contributed by atoms with van der Waals surface area (Å²) in [6.07, 6.45) is 0.282. The Kier molecular flexibility index (Phi) is 4.73. The van der Waals surface area contributed by atoms with Crippen LogP contribution in [0.4, 0.5) is 5.82 Å². The van der Waals surface area contributed by atoms with Crippen LogP contribution in [0, 0.1) is 13.8 Å². The predicted molar refractivity (Wildman–Crippen MR) is 95.1 cm³/mol. The molecule has 0 N–H and O–H groups in total. The van der Waals surface area contributed by atoms with Crippen LogP contribution in [0.1, 0.15) is 41.8 Å². The van der Waals surface area contributed by atoms with Crippen LogP contribution in [0.5, 0.6) is 0 Å². The molecule has 3 rings (SSSR count). The van der Waals surface area contributed by atoms with Gasteiger partial charge in [-0.15, -0.1) is 11.3 Å². The molecule has 24 heavy (non-hydrogen) atoms. The van der Waals surface area contributed by atoms with E-state index in [2.05, 4.69) is 28.7 Å². The molecule has 1 saturated heterocycles. The molecule has 2 aromatic heterocycles. The number of thiophene rings is 1. The van der Waals surface area contributed by atoms with Crippen molar-refractivity contribution in [2.24, 2.45) is 0 Å². The molecule has 6 nitrogen and oxygen atoms in total. The minimum absolute atomic E-state index is 0.141. The van der Waals surface area contributed by atoms with Crippen LogP contribution in [0.25, 0.3) is 10.2 Å². The lowest BCUT2D eigenvalue weighted by molar-refractivity contribution is -0.00538. The van der Waals surface area contributed by atoms with E-state index in [1.165, 1.54) is 11.3 Å². The number of rotatable bonds is 3. The third-order valence-electron chi connectivity index (χ3n) is 4.06. The van der Waals surface area contributed by atoms with Crippen molar-refractivity contribution in [2.75, 3.05) is 24.6 Å². The second kappa shape index (κ2) is 6.64. The van der Waals surface area contributed by atoms with Gasteiger partial charge in [-0.3, -0.25) is 0 Å². The van der Waals surface area contributed by atoms with E-state index >= 15 is 0 Å². The number of hydrogen-bond acceptors (Lipinski definition) is 7. The number of morpholine rings is 1. The highest BCUT2D eigenvalue weighted by molar-refractivity contribution is 7.20. The molecule has 0 aliphatic carbocycles. The summed E-state index contributed by atoms with van der Waals surface area (Å²) >= 11 is 1.38. The number of aromatic nitrogens is 2. The van der Waals surface area contributed by atoms with Crippen LogP contribution in [0.2, 0.25) is 0 Å². The molecule has 0 unspecified atom stereocenters. The summed E-state index contributed by atoms with van der Waals surface area (Å²) in [7, 11) is 0. The standard InChI is InChI=1S/C17H23N3O3S/c1-6-22-17(21)14-11(4)13-15(18-12(5)19-16(13)24-14)20-7-9(2)23-10(3)8-20/h9-10H,6-8H2,1-5H3/t9-,10+. The highest BCUT2D eigenvalue weighted by atomic mass is 32.1. The molecule has 0 aromatic carbocycles. The summed E-state index contributed by atoms with van der Waals surface area (Å²) in [4.78, 5) is 25.1. The van der Waals surface area contributed by atoms with E-state index in [9.17, 15) is 4.79 Å². The number of fused-ring (bicyclic) bond motifs is 1. The minimum atomic E-state index is -0.287. The second-order valence-corrected chi connectivity index (χ2v) is 7.21.